The average molecular weight is 357 g/mol. The molecular formula is C19H21ClN4O. The van der Waals surface area contributed by atoms with E-state index in [-0.39, 0.29) is 0 Å². The monoisotopic (exact) mass is 356 g/mol. The minimum absolute atomic E-state index is 0.386. The molecule has 130 valence electrons. The molecule has 0 unspecified atom stereocenters. The first kappa shape index (κ1) is 17.3. The van der Waals surface area contributed by atoms with Crippen molar-refractivity contribution in [3.05, 3.63) is 70.5 Å². The Bertz CT molecular complexity index is 889. The van der Waals surface area contributed by atoms with Crippen LogP contribution in [0.15, 0.2) is 48.5 Å². The van der Waals surface area contributed by atoms with Gasteiger partial charge in [0.05, 0.1) is 22.1 Å². The maximum atomic E-state index is 6.41. The van der Waals surface area contributed by atoms with Crippen molar-refractivity contribution in [1.29, 1.82) is 0 Å². The molecule has 0 fully saturated rings. The number of hydrogen-bond donors (Lipinski definition) is 1. The molecule has 3 aromatic rings. The lowest BCUT2D eigenvalue weighted by Gasteiger charge is -2.17. The van der Waals surface area contributed by atoms with E-state index in [9.17, 15) is 0 Å². The topological polar surface area (TPSA) is 56.3 Å². The maximum absolute atomic E-state index is 6.41. The van der Waals surface area contributed by atoms with Crippen molar-refractivity contribution >= 4 is 17.3 Å². The Morgan fingerprint density at radius 3 is 2.56 bits per heavy atom. The zero-order chi connectivity index (χ0) is 18.0. The normalized spacial score (nSPS) is 10.8. The van der Waals surface area contributed by atoms with Crippen LogP contribution in [0.1, 0.15) is 17.0 Å². The largest absolute Gasteiger partial charge is 0.487 e. The van der Waals surface area contributed by atoms with Crippen LogP contribution in [0.3, 0.4) is 0 Å². The van der Waals surface area contributed by atoms with E-state index >= 15 is 0 Å². The first-order valence-electron chi connectivity index (χ1n) is 7.98. The van der Waals surface area contributed by atoms with Gasteiger partial charge in [-0.25, -0.2) is 10.5 Å². The van der Waals surface area contributed by atoms with Gasteiger partial charge in [-0.3, -0.25) is 0 Å². The molecule has 2 N–H and O–H groups in total. The number of aryl methyl sites for hydroxylation is 2. The molecule has 0 atom stereocenters. The molecule has 0 amide bonds. The van der Waals surface area contributed by atoms with Crippen molar-refractivity contribution in [2.75, 3.05) is 12.1 Å². The van der Waals surface area contributed by atoms with Crippen LogP contribution in [-0.4, -0.2) is 16.8 Å². The number of aromatic nitrogens is 2. The van der Waals surface area contributed by atoms with E-state index in [1.165, 1.54) is 0 Å². The Labute approximate surface area is 152 Å². The highest BCUT2D eigenvalue weighted by Crippen LogP contribution is 2.29. The summed E-state index contributed by atoms with van der Waals surface area (Å²) in [5, 5.41) is 6.59. The summed E-state index contributed by atoms with van der Waals surface area (Å²) in [5.41, 5.74) is 4.84. The van der Waals surface area contributed by atoms with Crippen molar-refractivity contribution in [3.63, 3.8) is 0 Å². The van der Waals surface area contributed by atoms with Crippen LogP contribution in [0.2, 0.25) is 5.02 Å². The van der Waals surface area contributed by atoms with Crippen molar-refractivity contribution in [2.45, 2.75) is 20.5 Å². The average Bonchev–Trinajstić information content (AvgIpc) is 2.92. The number of halogens is 1. The van der Waals surface area contributed by atoms with Gasteiger partial charge in [0.15, 0.2) is 0 Å². The molecule has 0 bridgehead atoms. The lowest BCUT2D eigenvalue weighted by atomic mass is 10.2. The fourth-order valence-corrected chi connectivity index (χ4v) is 2.99. The Kier molecular flexibility index (Phi) is 4.97. The number of ether oxygens (including phenoxy) is 1. The SMILES string of the molecule is Cc1cc(C)n(-c2ccc(OCc3ccccc3N(C)N)c(Cl)c2)n1. The molecule has 0 aliphatic rings. The Morgan fingerprint density at radius 2 is 1.92 bits per heavy atom. The second kappa shape index (κ2) is 7.17. The van der Waals surface area contributed by atoms with Gasteiger partial charge in [0.1, 0.15) is 12.4 Å². The number of nitrogens with zero attached hydrogens (tertiary/aromatic N) is 3. The Hall–Kier alpha value is -2.50. The number of anilines is 1. The van der Waals surface area contributed by atoms with Crippen LogP contribution < -0.4 is 15.6 Å². The molecule has 5 nitrogen and oxygen atoms in total. The predicted molar refractivity (Wildman–Crippen MR) is 101 cm³/mol. The van der Waals surface area contributed by atoms with Gasteiger partial charge < -0.3 is 9.75 Å². The van der Waals surface area contributed by atoms with E-state index in [0.717, 1.165) is 28.3 Å². The number of benzene rings is 2. The molecule has 0 radical (unpaired) electrons. The van der Waals surface area contributed by atoms with Gasteiger partial charge in [-0.2, -0.15) is 5.10 Å². The minimum atomic E-state index is 0.386. The molecule has 6 heteroatoms. The maximum Gasteiger partial charge on any atom is 0.138 e. The summed E-state index contributed by atoms with van der Waals surface area (Å²) in [6, 6.07) is 15.5. The zero-order valence-electron chi connectivity index (χ0n) is 14.5. The summed E-state index contributed by atoms with van der Waals surface area (Å²) in [5.74, 6) is 6.48. The van der Waals surface area contributed by atoms with Crippen molar-refractivity contribution in [1.82, 2.24) is 9.78 Å². The first-order chi connectivity index (χ1) is 12.0. The summed E-state index contributed by atoms with van der Waals surface area (Å²) >= 11 is 6.41. The summed E-state index contributed by atoms with van der Waals surface area (Å²) in [6.45, 7) is 4.36. The standard InChI is InChI=1S/C19H21ClN4O/c1-13-10-14(2)24(22-13)16-8-9-19(17(20)11-16)25-12-15-6-4-5-7-18(15)23(3)21/h4-11H,12,21H2,1-3H3. The minimum Gasteiger partial charge on any atom is -0.487 e. The highest BCUT2D eigenvalue weighted by Gasteiger charge is 2.10. The number of nitrogens with two attached hydrogens (primary N) is 1. The lowest BCUT2D eigenvalue weighted by Crippen LogP contribution is -2.26. The molecule has 0 aliphatic heterocycles. The molecule has 25 heavy (non-hydrogen) atoms. The van der Waals surface area contributed by atoms with Crippen LogP contribution in [0.4, 0.5) is 5.69 Å². The second-order valence-corrected chi connectivity index (χ2v) is 6.39. The van der Waals surface area contributed by atoms with E-state index in [1.54, 1.807) is 12.1 Å². The summed E-state index contributed by atoms with van der Waals surface area (Å²) in [7, 11) is 1.80. The molecule has 3 rings (SSSR count). The third-order valence-electron chi connectivity index (χ3n) is 3.92. The first-order valence-corrected chi connectivity index (χ1v) is 8.36. The smallest absolute Gasteiger partial charge is 0.138 e. The van der Waals surface area contributed by atoms with Crippen LogP contribution >= 0.6 is 11.6 Å². The van der Waals surface area contributed by atoms with Crippen molar-refractivity contribution < 1.29 is 4.74 Å². The van der Waals surface area contributed by atoms with E-state index in [2.05, 4.69) is 5.10 Å². The summed E-state index contributed by atoms with van der Waals surface area (Å²) in [4.78, 5) is 0. The molecule has 0 saturated carbocycles. The molecular weight excluding hydrogens is 336 g/mol. The molecule has 0 aliphatic carbocycles. The van der Waals surface area contributed by atoms with Gasteiger partial charge >= 0.3 is 0 Å². The van der Waals surface area contributed by atoms with Crippen LogP contribution in [0.25, 0.3) is 5.69 Å². The van der Waals surface area contributed by atoms with Crippen LogP contribution in [-0.2, 0) is 6.61 Å². The number of hydrazine groups is 1. The molecule has 1 heterocycles. The molecule has 1 aromatic heterocycles. The second-order valence-electron chi connectivity index (χ2n) is 5.98. The molecule has 0 saturated heterocycles. The summed E-state index contributed by atoms with van der Waals surface area (Å²) in [6.07, 6.45) is 0. The fourth-order valence-electron chi connectivity index (χ4n) is 2.76. The molecule has 0 spiro atoms. The van der Waals surface area contributed by atoms with Gasteiger partial charge in [0.2, 0.25) is 0 Å². The Balaban J connectivity index is 1.80. The van der Waals surface area contributed by atoms with E-state index < -0.39 is 0 Å². The van der Waals surface area contributed by atoms with Crippen molar-refractivity contribution in [2.24, 2.45) is 5.84 Å². The highest BCUT2D eigenvalue weighted by atomic mass is 35.5. The summed E-state index contributed by atoms with van der Waals surface area (Å²) < 4.78 is 7.76. The van der Waals surface area contributed by atoms with E-state index in [0.29, 0.717) is 17.4 Å². The number of hydrogen-bond acceptors (Lipinski definition) is 4. The van der Waals surface area contributed by atoms with Gasteiger partial charge in [-0.1, -0.05) is 29.8 Å². The molecule has 2 aromatic carbocycles. The van der Waals surface area contributed by atoms with Gasteiger partial charge in [-0.05, 0) is 44.2 Å². The number of para-hydroxylation sites is 1. The third-order valence-corrected chi connectivity index (χ3v) is 4.22. The Morgan fingerprint density at radius 1 is 1.16 bits per heavy atom. The lowest BCUT2D eigenvalue weighted by molar-refractivity contribution is 0.306. The van der Waals surface area contributed by atoms with Crippen LogP contribution in [0, 0.1) is 13.8 Å². The van der Waals surface area contributed by atoms with Gasteiger partial charge in [0, 0.05) is 18.3 Å². The van der Waals surface area contributed by atoms with Gasteiger partial charge in [0.25, 0.3) is 0 Å². The quantitative estimate of drug-likeness (QED) is 0.554. The van der Waals surface area contributed by atoms with Crippen molar-refractivity contribution in [3.8, 4) is 11.4 Å². The number of rotatable bonds is 5. The van der Waals surface area contributed by atoms with E-state index in [1.807, 2.05) is 67.1 Å². The fraction of sp³-hybridized carbons (Fsp3) is 0.211. The zero-order valence-corrected chi connectivity index (χ0v) is 15.3. The van der Waals surface area contributed by atoms with Crippen LogP contribution in [0.5, 0.6) is 5.75 Å². The highest BCUT2D eigenvalue weighted by molar-refractivity contribution is 6.32. The van der Waals surface area contributed by atoms with Gasteiger partial charge in [-0.15, -0.1) is 0 Å². The third kappa shape index (κ3) is 3.78. The van der Waals surface area contributed by atoms with E-state index in [4.69, 9.17) is 22.2 Å². The predicted octanol–water partition coefficient (Wildman–Crippen LogP) is 4.03.